The number of benzene rings is 1. The number of hydrogen-bond donors (Lipinski definition) is 0. The van der Waals surface area contributed by atoms with Crippen molar-refractivity contribution in [3.63, 3.8) is 0 Å². The third-order valence-electron chi connectivity index (χ3n) is 0.936. The third kappa shape index (κ3) is 2.55. The van der Waals surface area contributed by atoms with Gasteiger partial charge in [-0.3, -0.25) is 4.79 Å². The molecule has 0 aromatic heterocycles. The first-order chi connectivity index (χ1) is 3.93. The van der Waals surface area contributed by atoms with Gasteiger partial charge in [-0.1, -0.05) is 30.3 Å². The van der Waals surface area contributed by atoms with Crippen LogP contribution in [0.1, 0.15) is 10.4 Å². The van der Waals surface area contributed by atoms with Crippen LogP contribution in [0.2, 0.25) is 0 Å². The van der Waals surface area contributed by atoms with Crippen LogP contribution in [-0.2, 0) is 20.4 Å². The van der Waals surface area contributed by atoms with Crippen molar-refractivity contribution in [2.45, 2.75) is 0 Å². The van der Waals surface area contributed by atoms with Crippen LogP contribution in [0.3, 0.4) is 0 Å². The van der Waals surface area contributed by atoms with E-state index < -0.39 is 0 Å². The molecule has 1 nitrogen and oxygen atoms in total. The van der Waals surface area contributed by atoms with E-state index in [2.05, 4.69) is 0 Å². The van der Waals surface area contributed by atoms with E-state index in [1.807, 2.05) is 18.2 Å². The fourth-order valence-electron chi connectivity index (χ4n) is 0.532. The normalized spacial score (nSPS) is 7.56. The molecule has 2 heteroatoms. The van der Waals surface area contributed by atoms with E-state index in [0.29, 0.717) is 0 Å². The molecule has 0 N–H and O–H groups in total. The fraction of sp³-hybridized carbons (Fsp3) is 0. The Hall–Kier alpha value is -0.448. The molecule has 0 atom stereocenters. The standard InChI is InChI=1S/C7H6O.Pd/c8-6-7-4-2-1-3-5-7;/h1-6H;. The van der Waals surface area contributed by atoms with Gasteiger partial charge in [-0.15, -0.1) is 0 Å². The van der Waals surface area contributed by atoms with Gasteiger partial charge in [-0.2, -0.15) is 0 Å². The molecule has 1 aromatic carbocycles. The number of carbonyl (C=O) groups is 1. The smallest absolute Gasteiger partial charge is 0.150 e. The van der Waals surface area contributed by atoms with Crippen molar-refractivity contribution in [2.75, 3.05) is 0 Å². The maximum atomic E-state index is 10.0. The van der Waals surface area contributed by atoms with E-state index in [1.165, 1.54) is 0 Å². The second kappa shape index (κ2) is 4.43. The van der Waals surface area contributed by atoms with E-state index in [-0.39, 0.29) is 20.4 Å². The molecule has 50 valence electrons. The van der Waals surface area contributed by atoms with E-state index >= 15 is 0 Å². The number of hydrogen-bond acceptors (Lipinski definition) is 1. The van der Waals surface area contributed by atoms with Crippen molar-refractivity contribution in [1.82, 2.24) is 0 Å². The second-order valence-corrected chi connectivity index (χ2v) is 1.53. The predicted molar refractivity (Wildman–Crippen MR) is 31.8 cm³/mol. The van der Waals surface area contributed by atoms with Crippen molar-refractivity contribution < 1.29 is 25.2 Å². The van der Waals surface area contributed by atoms with Crippen LogP contribution in [0.5, 0.6) is 0 Å². The Balaban J connectivity index is 0.000000640. The van der Waals surface area contributed by atoms with Gasteiger partial charge in [0.15, 0.2) is 0 Å². The predicted octanol–water partition coefficient (Wildman–Crippen LogP) is 1.50. The third-order valence-corrected chi connectivity index (χ3v) is 0.936. The van der Waals surface area contributed by atoms with Crippen LogP contribution in [-0.4, -0.2) is 6.29 Å². The van der Waals surface area contributed by atoms with Gasteiger partial charge in [-0.25, -0.2) is 0 Å². The topological polar surface area (TPSA) is 17.1 Å². The molecule has 0 amide bonds. The summed E-state index contributed by atoms with van der Waals surface area (Å²) in [4.78, 5) is 10.0. The summed E-state index contributed by atoms with van der Waals surface area (Å²) < 4.78 is 0. The zero-order chi connectivity index (χ0) is 5.82. The first-order valence-electron chi connectivity index (χ1n) is 2.44. The summed E-state index contributed by atoms with van der Waals surface area (Å²) >= 11 is 0. The van der Waals surface area contributed by atoms with E-state index in [0.717, 1.165) is 11.8 Å². The monoisotopic (exact) mass is 212 g/mol. The van der Waals surface area contributed by atoms with Crippen LogP contribution in [0.25, 0.3) is 0 Å². The summed E-state index contributed by atoms with van der Waals surface area (Å²) in [5, 5.41) is 0. The first kappa shape index (κ1) is 8.55. The van der Waals surface area contributed by atoms with Crippen LogP contribution in [0, 0.1) is 0 Å². The molecule has 9 heavy (non-hydrogen) atoms. The van der Waals surface area contributed by atoms with Gasteiger partial charge in [0, 0.05) is 26.0 Å². The Labute approximate surface area is 67.7 Å². The zero-order valence-electron chi connectivity index (χ0n) is 4.69. The van der Waals surface area contributed by atoms with Gasteiger partial charge < -0.3 is 0 Å². The van der Waals surface area contributed by atoms with Crippen molar-refractivity contribution in [3.8, 4) is 0 Å². The molecule has 0 heterocycles. The van der Waals surface area contributed by atoms with Gasteiger partial charge >= 0.3 is 0 Å². The molecule has 0 fully saturated rings. The minimum atomic E-state index is 0. The van der Waals surface area contributed by atoms with Crippen LogP contribution in [0.4, 0.5) is 0 Å². The summed E-state index contributed by atoms with van der Waals surface area (Å²) in [6, 6.07) is 9.10. The Morgan fingerprint density at radius 3 is 2.00 bits per heavy atom. The molecule has 0 aliphatic rings. The quantitative estimate of drug-likeness (QED) is 0.509. The summed E-state index contributed by atoms with van der Waals surface area (Å²) in [5.74, 6) is 0. The van der Waals surface area contributed by atoms with Gasteiger partial charge in [0.05, 0.1) is 0 Å². The van der Waals surface area contributed by atoms with Gasteiger partial charge in [0.2, 0.25) is 0 Å². The second-order valence-electron chi connectivity index (χ2n) is 1.53. The summed E-state index contributed by atoms with van der Waals surface area (Å²) in [5.41, 5.74) is 0.729. The summed E-state index contributed by atoms with van der Waals surface area (Å²) in [7, 11) is 0. The van der Waals surface area contributed by atoms with Crippen LogP contribution >= 0.6 is 0 Å². The van der Waals surface area contributed by atoms with Crippen LogP contribution < -0.4 is 0 Å². The molecule has 0 unspecified atom stereocenters. The molecule has 0 saturated heterocycles. The summed E-state index contributed by atoms with van der Waals surface area (Å²) in [6.07, 6.45) is 0.833. The van der Waals surface area contributed by atoms with Gasteiger partial charge in [0.1, 0.15) is 6.29 Å². The average Bonchev–Trinajstić information content (AvgIpc) is 1.90. The minimum absolute atomic E-state index is 0. The molecule has 0 aliphatic carbocycles. The molecular weight excluding hydrogens is 206 g/mol. The summed E-state index contributed by atoms with van der Waals surface area (Å²) in [6.45, 7) is 0. The van der Waals surface area contributed by atoms with Crippen molar-refractivity contribution >= 4 is 6.29 Å². The van der Waals surface area contributed by atoms with E-state index in [4.69, 9.17) is 0 Å². The minimum Gasteiger partial charge on any atom is -0.298 e. The zero-order valence-corrected chi connectivity index (χ0v) is 6.24. The number of aldehydes is 1. The fourth-order valence-corrected chi connectivity index (χ4v) is 0.532. The maximum absolute atomic E-state index is 10.0. The van der Waals surface area contributed by atoms with Crippen molar-refractivity contribution in [2.24, 2.45) is 0 Å². The van der Waals surface area contributed by atoms with Gasteiger partial charge in [-0.05, 0) is 0 Å². The Morgan fingerprint density at radius 2 is 1.67 bits per heavy atom. The average molecular weight is 213 g/mol. The van der Waals surface area contributed by atoms with Crippen molar-refractivity contribution in [3.05, 3.63) is 35.9 Å². The van der Waals surface area contributed by atoms with E-state index in [9.17, 15) is 4.79 Å². The molecule has 0 aliphatic heterocycles. The van der Waals surface area contributed by atoms with E-state index in [1.54, 1.807) is 12.1 Å². The molecule has 0 radical (unpaired) electrons. The Kier molecular flexibility index (Phi) is 4.21. The first-order valence-corrected chi connectivity index (χ1v) is 2.44. The van der Waals surface area contributed by atoms with Crippen molar-refractivity contribution in [1.29, 1.82) is 0 Å². The number of rotatable bonds is 1. The number of carbonyl (C=O) groups excluding carboxylic acids is 1. The van der Waals surface area contributed by atoms with Gasteiger partial charge in [0.25, 0.3) is 0 Å². The maximum Gasteiger partial charge on any atom is 0.150 e. The van der Waals surface area contributed by atoms with Crippen LogP contribution in [0.15, 0.2) is 30.3 Å². The molecular formula is C7H6OPd. The molecule has 1 aromatic rings. The Morgan fingerprint density at radius 1 is 1.11 bits per heavy atom. The molecule has 0 spiro atoms. The SMILES string of the molecule is O=Cc1ccccc1.[Pd]. The largest absolute Gasteiger partial charge is 0.298 e. The molecule has 1 rings (SSSR count). The molecule has 0 saturated carbocycles. The molecule has 0 bridgehead atoms. The Bertz CT molecular complexity index is 172.